The lowest BCUT2D eigenvalue weighted by molar-refractivity contribution is 0.399. The third kappa shape index (κ3) is 1.52. The summed E-state index contributed by atoms with van der Waals surface area (Å²) in [4.78, 5) is 4.58. The van der Waals surface area contributed by atoms with Gasteiger partial charge in [0.2, 0.25) is 5.88 Å². The van der Waals surface area contributed by atoms with Gasteiger partial charge in [-0.15, -0.1) is 0 Å². The summed E-state index contributed by atoms with van der Waals surface area (Å²) in [5.74, 6) is 0.681. The Bertz CT molecular complexity index is 559. The van der Waals surface area contributed by atoms with Crippen LogP contribution in [0.2, 0.25) is 0 Å². The minimum absolute atomic E-state index is 0.672. The van der Waals surface area contributed by atoms with E-state index in [1.54, 1.807) is 7.11 Å². The SMILES string of the molecule is COc1ccc2c(n1)c(CCN)c1n2CCC1. The zero-order valence-electron chi connectivity index (χ0n) is 10.1. The molecule has 2 aromatic heterocycles. The Morgan fingerprint density at radius 2 is 2.35 bits per heavy atom. The van der Waals surface area contributed by atoms with Gasteiger partial charge in [-0.3, -0.25) is 0 Å². The molecule has 3 heterocycles. The minimum atomic E-state index is 0.672. The average molecular weight is 231 g/mol. The van der Waals surface area contributed by atoms with Crippen LogP contribution in [0.5, 0.6) is 5.88 Å². The van der Waals surface area contributed by atoms with E-state index in [1.807, 2.05) is 6.07 Å². The fourth-order valence-corrected chi connectivity index (χ4v) is 2.79. The van der Waals surface area contributed by atoms with Crippen LogP contribution in [0, 0.1) is 0 Å². The molecule has 4 nitrogen and oxygen atoms in total. The molecule has 0 saturated heterocycles. The maximum absolute atomic E-state index is 5.71. The predicted octanol–water partition coefficient (Wildman–Crippen LogP) is 1.49. The van der Waals surface area contributed by atoms with E-state index in [0.29, 0.717) is 12.4 Å². The standard InChI is InChI=1S/C13H17N3O/c1-17-12-5-4-11-13(15-12)9(6-7-14)10-3-2-8-16(10)11/h4-5H,2-3,6-8,14H2,1H3. The lowest BCUT2D eigenvalue weighted by Gasteiger charge is -2.02. The molecule has 4 heteroatoms. The summed E-state index contributed by atoms with van der Waals surface area (Å²) in [5, 5.41) is 0. The Kier molecular flexibility index (Phi) is 2.52. The molecule has 0 fully saturated rings. The Morgan fingerprint density at radius 1 is 1.47 bits per heavy atom. The first kappa shape index (κ1) is 10.6. The maximum atomic E-state index is 5.71. The number of rotatable bonds is 3. The molecule has 2 aromatic rings. The number of fused-ring (bicyclic) bond motifs is 3. The van der Waals surface area contributed by atoms with Gasteiger partial charge in [-0.25, -0.2) is 4.98 Å². The van der Waals surface area contributed by atoms with Crippen molar-refractivity contribution in [3.63, 3.8) is 0 Å². The second-order valence-electron chi connectivity index (χ2n) is 4.44. The smallest absolute Gasteiger partial charge is 0.213 e. The van der Waals surface area contributed by atoms with Crippen LogP contribution in [0.15, 0.2) is 12.1 Å². The number of aromatic nitrogens is 2. The van der Waals surface area contributed by atoms with Crippen molar-refractivity contribution in [3.8, 4) is 5.88 Å². The van der Waals surface area contributed by atoms with Gasteiger partial charge in [-0.05, 0) is 31.9 Å². The van der Waals surface area contributed by atoms with E-state index < -0.39 is 0 Å². The summed E-state index contributed by atoms with van der Waals surface area (Å²) in [5.41, 5.74) is 10.7. The molecule has 0 radical (unpaired) electrons. The molecular formula is C13H17N3O. The third-order valence-electron chi connectivity index (χ3n) is 3.50. The average Bonchev–Trinajstić information content (AvgIpc) is 2.92. The van der Waals surface area contributed by atoms with Gasteiger partial charge in [-0.2, -0.15) is 0 Å². The fraction of sp³-hybridized carbons (Fsp3) is 0.462. The summed E-state index contributed by atoms with van der Waals surface area (Å²) in [6.07, 6.45) is 3.28. The molecule has 0 amide bonds. The van der Waals surface area contributed by atoms with Crippen molar-refractivity contribution in [1.82, 2.24) is 9.55 Å². The van der Waals surface area contributed by atoms with Crippen LogP contribution in [0.4, 0.5) is 0 Å². The first-order valence-electron chi connectivity index (χ1n) is 6.10. The molecular weight excluding hydrogens is 214 g/mol. The highest BCUT2D eigenvalue weighted by molar-refractivity contribution is 5.82. The van der Waals surface area contributed by atoms with Crippen LogP contribution in [0.3, 0.4) is 0 Å². The van der Waals surface area contributed by atoms with E-state index in [2.05, 4.69) is 15.6 Å². The largest absolute Gasteiger partial charge is 0.481 e. The van der Waals surface area contributed by atoms with Crippen molar-refractivity contribution in [2.75, 3.05) is 13.7 Å². The summed E-state index contributed by atoms with van der Waals surface area (Å²) in [6, 6.07) is 4.04. The monoisotopic (exact) mass is 231 g/mol. The van der Waals surface area contributed by atoms with E-state index in [1.165, 1.54) is 23.2 Å². The van der Waals surface area contributed by atoms with E-state index in [4.69, 9.17) is 10.5 Å². The van der Waals surface area contributed by atoms with Gasteiger partial charge in [0.05, 0.1) is 18.1 Å². The van der Waals surface area contributed by atoms with Gasteiger partial charge in [0.25, 0.3) is 0 Å². The number of pyridine rings is 1. The molecule has 0 bridgehead atoms. The molecule has 0 spiro atoms. The summed E-state index contributed by atoms with van der Waals surface area (Å²) in [6.45, 7) is 1.77. The van der Waals surface area contributed by atoms with Gasteiger partial charge in [0, 0.05) is 23.9 Å². The molecule has 0 atom stereocenters. The van der Waals surface area contributed by atoms with Crippen molar-refractivity contribution in [2.45, 2.75) is 25.8 Å². The van der Waals surface area contributed by atoms with Crippen LogP contribution < -0.4 is 10.5 Å². The summed E-state index contributed by atoms with van der Waals surface area (Å²) < 4.78 is 7.59. The van der Waals surface area contributed by atoms with E-state index in [9.17, 15) is 0 Å². The quantitative estimate of drug-likeness (QED) is 0.870. The zero-order chi connectivity index (χ0) is 11.8. The van der Waals surface area contributed by atoms with Crippen LogP contribution in [-0.2, 0) is 19.4 Å². The van der Waals surface area contributed by atoms with Gasteiger partial charge in [0.1, 0.15) is 0 Å². The van der Waals surface area contributed by atoms with E-state index in [0.717, 1.165) is 24.9 Å². The Labute approximate surface area is 100 Å². The second kappa shape index (κ2) is 4.04. The van der Waals surface area contributed by atoms with Crippen LogP contribution in [0.1, 0.15) is 17.7 Å². The maximum Gasteiger partial charge on any atom is 0.213 e. The summed E-state index contributed by atoms with van der Waals surface area (Å²) >= 11 is 0. The van der Waals surface area contributed by atoms with Gasteiger partial charge in [0.15, 0.2) is 0 Å². The molecule has 0 saturated carbocycles. The molecule has 1 aliphatic heterocycles. The van der Waals surface area contributed by atoms with Crippen molar-refractivity contribution < 1.29 is 4.74 Å². The lowest BCUT2D eigenvalue weighted by Crippen LogP contribution is -2.04. The normalized spacial score (nSPS) is 14.2. The first-order chi connectivity index (χ1) is 8.35. The van der Waals surface area contributed by atoms with Gasteiger partial charge >= 0.3 is 0 Å². The molecule has 17 heavy (non-hydrogen) atoms. The Balaban J connectivity index is 2.26. The summed E-state index contributed by atoms with van der Waals surface area (Å²) in [7, 11) is 1.65. The number of nitrogens with zero attached hydrogens (tertiary/aromatic N) is 2. The third-order valence-corrected chi connectivity index (χ3v) is 3.50. The molecule has 3 rings (SSSR count). The molecule has 2 N–H and O–H groups in total. The number of hydrogen-bond donors (Lipinski definition) is 1. The van der Waals surface area contributed by atoms with Gasteiger partial charge in [-0.1, -0.05) is 0 Å². The Hall–Kier alpha value is -1.55. The van der Waals surface area contributed by atoms with Crippen molar-refractivity contribution in [1.29, 1.82) is 0 Å². The topological polar surface area (TPSA) is 53.1 Å². The minimum Gasteiger partial charge on any atom is -0.481 e. The van der Waals surface area contributed by atoms with E-state index in [-0.39, 0.29) is 0 Å². The molecule has 1 aliphatic rings. The van der Waals surface area contributed by atoms with Crippen LogP contribution >= 0.6 is 0 Å². The Morgan fingerprint density at radius 3 is 3.12 bits per heavy atom. The number of methoxy groups -OCH3 is 1. The van der Waals surface area contributed by atoms with Crippen molar-refractivity contribution in [2.24, 2.45) is 5.73 Å². The highest BCUT2D eigenvalue weighted by Gasteiger charge is 2.21. The van der Waals surface area contributed by atoms with Crippen LogP contribution in [0.25, 0.3) is 11.0 Å². The lowest BCUT2D eigenvalue weighted by atomic mass is 10.1. The zero-order valence-corrected chi connectivity index (χ0v) is 10.1. The predicted molar refractivity (Wildman–Crippen MR) is 67.4 cm³/mol. The second-order valence-corrected chi connectivity index (χ2v) is 4.44. The van der Waals surface area contributed by atoms with Crippen LogP contribution in [-0.4, -0.2) is 23.2 Å². The molecule has 0 aliphatic carbocycles. The first-order valence-corrected chi connectivity index (χ1v) is 6.10. The molecule has 90 valence electrons. The van der Waals surface area contributed by atoms with Crippen molar-refractivity contribution in [3.05, 3.63) is 23.4 Å². The highest BCUT2D eigenvalue weighted by Crippen LogP contribution is 2.31. The van der Waals surface area contributed by atoms with Crippen molar-refractivity contribution >= 4 is 11.0 Å². The molecule has 0 aromatic carbocycles. The fourth-order valence-electron chi connectivity index (χ4n) is 2.79. The number of aryl methyl sites for hydroxylation is 1. The van der Waals surface area contributed by atoms with E-state index >= 15 is 0 Å². The highest BCUT2D eigenvalue weighted by atomic mass is 16.5. The number of hydrogen-bond acceptors (Lipinski definition) is 3. The number of nitrogens with two attached hydrogens (primary N) is 1. The van der Waals surface area contributed by atoms with Gasteiger partial charge < -0.3 is 15.0 Å². The molecule has 0 unspecified atom stereocenters. The number of ether oxygens (including phenoxy) is 1.